The molecule has 0 saturated heterocycles. The molecule has 0 radical (unpaired) electrons. The lowest BCUT2D eigenvalue weighted by atomic mass is 9.84. The first-order valence-corrected chi connectivity index (χ1v) is 6.56. The van der Waals surface area contributed by atoms with Crippen molar-refractivity contribution in [3.05, 3.63) is 71.8 Å². The van der Waals surface area contributed by atoms with Crippen molar-refractivity contribution in [2.24, 2.45) is 0 Å². The molecule has 19 heavy (non-hydrogen) atoms. The van der Waals surface area contributed by atoms with Crippen molar-refractivity contribution in [3.8, 4) is 0 Å². The Hall–Kier alpha value is -2.34. The zero-order valence-electron chi connectivity index (χ0n) is 12.3. The fraction of sp³-hybridized carbons (Fsp3) is 0.0526. The van der Waals surface area contributed by atoms with Gasteiger partial charge in [-0.05, 0) is 49.8 Å². The zero-order valence-corrected chi connectivity index (χ0v) is 10.3. The van der Waals surface area contributed by atoms with Gasteiger partial charge >= 0.3 is 0 Å². The Morgan fingerprint density at radius 1 is 0.579 bits per heavy atom. The Labute approximate surface area is 114 Å². The topological polar surface area (TPSA) is 0 Å². The SMILES string of the molecule is [2H]C1([2H])c2cccc3ccc4ccc5cccc1c5c4c23. The van der Waals surface area contributed by atoms with Gasteiger partial charge in [-0.3, -0.25) is 0 Å². The standard InChI is InChI=1S/C19H12/c1-3-12-7-9-14-10-8-13-4-2-6-16-11-15(5-1)17(12)19(14)18(13)16/h1-10H,11H2/i11D2. The van der Waals surface area contributed by atoms with Crippen LogP contribution in [-0.4, -0.2) is 0 Å². The van der Waals surface area contributed by atoms with Crippen molar-refractivity contribution >= 4 is 32.3 Å². The maximum absolute atomic E-state index is 8.66. The molecule has 0 aromatic heterocycles. The van der Waals surface area contributed by atoms with Crippen molar-refractivity contribution in [1.29, 1.82) is 0 Å². The Kier molecular flexibility index (Phi) is 1.32. The van der Waals surface area contributed by atoms with Gasteiger partial charge in [-0.15, -0.1) is 0 Å². The van der Waals surface area contributed by atoms with E-state index >= 15 is 0 Å². The molecule has 1 aliphatic carbocycles. The molecule has 1 aliphatic rings. The minimum atomic E-state index is -1.44. The molecule has 0 fully saturated rings. The van der Waals surface area contributed by atoms with Crippen LogP contribution >= 0.6 is 0 Å². The van der Waals surface area contributed by atoms with Crippen LogP contribution in [-0.2, 0) is 6.37 Å². The summed E-state index contributed by atoms with van der Waals surface area (Å²) >= 11 is 0. The second kappa shape index (κ2) is 3.16. The molecule has 0 spiro atoms. The van der Waals surface area contributed by atoms with E-state index in [1.165, 1.54) is 10.8 Å². The molecule has 0 atom stereocenters. The molecule has 0 saturated carbocycles. The summed E-state index contributed by atoms with van der Waals surface area (Å²) in [6.07, 6.45) is -1.44. The predicted octanol–water partition coefficient (Wildman–Crippen LogP) is 5.05. The first-order valence-electron chi connectivity index (χ1n) is 7.56. The van der Waals surface area contributed by atoms with E-state index in [0.29, 0.717) is 0 Å². The van der Waals surface area contributed by atoms with E-state index < -0.39 is 6.37 Å². The average molecular weight is 242 g/mol. The van der Waals surface area contributed by atoms with Gasteiger partial charge in [0.05, 0.1) is 0 Å². The summed E-state index contributed by atoms with van der Waals surface area (Å²) in [7, 11) is 0. The molecule has 0 aliphatic heterocycles. The van der Waals surface area contributed by atoms with E-state index in [-0.39, 0.29) is 0 Å². The molecule has 0 heteroatoms. The highest BCUT2D eigenvalue weighted by Gasteiger charge is 2.16. The summed E-state index contributed by atoms with van der Waals surface area (Å²) in [5, 5.41) is 6.77. The van der Waals surface area contributed by atoms with Gasteiger partial charge in [-0.2, -0.15) is 0 Å². The quantitative estimate of drug-likeness (QED) is 0.378. The molecule has 5 rings (SSSR count). The van der Waals surface area contributed by atoms with Gasteiger partial charge in [-0.1, -0.05) is 60.7 Å². The fourth-order valence-corrected chi connectivity index (χ4v) is 3.32. The van der Waals surface area contributed by atoms with Gasteiger partial charge in [0.1, 0.15) is 0 Å². The summed E-state index contributed by atoms with van der Waals surface area (Å²) in [6.45, 7) is 0. The first-order chi connectivity index (χ1) is 10.2. The smallest absolute Gasteiger partial charge is 0.0366 e. The zero-order chi connectivity index (χ0) is 14.2. The van der Waals surface area contributed by atoms with Crippen LogP contribution in [0.2, 0.25) is 0 Å². The number of hydrogen-bond acceptors (Lipinski definition) is 0. The number of benzene rings is 4. The van der Waals surface area contributed by atoms with Crippen LogP contribution in [0.3, 0.4) is 0 Å². The van der Waals surface area contributed by atoms with E-state index in [1.54, 1.807) is 0 Å². The van der Waals surface area contributed by atoms with Crippen LogP contribution in [0.4, 0.5) is 0 Å². The van der Waals surface area contributed by atoms with Crippen LogP contribution in [0, 0.1) is 0 Å². The fourth-order valence-electron chi connectivity index (χ4n) is 3.32. The maximum Gasteiger partial charge on any atom is 0.0366 e. The predicted molar refractivity (Wildman–Crippen MR) is 81.8 cm³/mol. The normalized spacial score (nSPS) is 17.3. The largest absolute Gasteiger partial charge is 0.0613 e. The lowest BCUT2D eigenvalue weighted by Crippen LogP contribution is -1.98. The Morgan fingerprint density at radius 2 is 1.05 bits per heavy atom. The van der Waals surface area contributed by atoms with E-state index in [9.17, 15) is 0 Å². The van der Waals surface area contributed by atoms with Crippen LogP contribution in [0.25, 0.3) is 32.3 Å². The molecule has 0 nitrogen and oxygen atoms in total. The van der Waals surface area contributed by atoms with Crippen molar-refractivity contribution in [2.45, 2.75) is 6.37 Å². The van der Waals surface area contributed by atoms with Crippen LogP contribution in [0.1, 0.15) is 13.9 Å². The van der Waals surface area contributed by atoms with E-state index in [2.05, 4.69) is 36.4 Å². The molecule has 4 aromatic rings. The third-order valence-electron chi connectivity index (χ3n) is 4.14. The van der Waals surface area contributed by atoms with Gasteiger partial charge < -0.3 is 0 Å². The second-order valence-corrected chi connectivity index (χ2v) is 5.16. The summed E-state index contributed by atoms with van der Waals surface area (Å²) in [6, 6.07) is 20.4. The lowest BCUT2D eigenvalue weighted by molar-refractivity contribution is 1.23. The van der Waals surface area contributed by atoms with Gasteiger partial charge in [0, 0.05) is 2.74 Å². The number of rotatable bonds is 0. The van der Waals surface area contributed by atoms with Gasteiger partial charge in [-0.25, -0.2) is 0 Å². The third kappa shape index (κ3) is 1.09. The summed E-state index contributed by atoms with van der Waals surface area (Å²) in [4.78, 5) is 0. The van der Waals surface area contributed by atoms with Crippen molar-refractivity contribution < 1.29 is 2.74 Å². The molecule has 4 aromatic carbocycles. The molecule has 88 valence electrons. The Morgan fingerprint density at radius 3 is 1.58 bits per heavy atom. The van der Waals surface area contributed by atoms with E-state index in [1.807, 2.05) is 24.3 Å². The van der Waals surface area contributed by atoms with Crippen molar-refractivity contribution in [2.75, 3.05) is 0 Å². The molecule has 0 heterocycles. The second-order valence-electron chi connectivity index (χ2n) is 5.16. The first kappa shape index (κ1) is 7.96. The minimum absolute atomic E-state index is 0.789. The summed E-state index contributed by atoms with van der Waals surface area (Å²) in [5.41, 5.74) is 1.58. The van der Waals surface area contributed by atoms with E-state index in [0.717, 1.165) is 32.7 Å². The molecular formula is C19H12. The monoisotopic (exact) mass is 242 g/mol. The van der Waals surface area contributed by atoms with Gasteiger partial charge in [0.2, 0.25) is 0 Å². The van der Waals surface area contributed by atoms with Crippen LogP contribution < -0.4 is 0 Å². The highest BCUT2D eigenvalue weighted by Crippen LogP contribution is 2.40. The summed E-state index contributed by atoms with van der Waals surface area (Å²) < 4.78 is 17.3. The minimum Gasteiger partial charge on any atom is -0.0613 e. The van der Waals surface area contributed by atoms with Gasteiger partial charge in [0.25, 0.3) is 0 Å². The van der Waals surface area contributed by atoms with Crippen molar-refractivity contribution in [1.82, 2.24) is 0 Å². The molecule has 0 amide bonds. The third-order valence-corrected chi connectivity index (χ3v) is 4.14. The molecular weight excluding hydrogens is 228 g/mol. The molecule has 0 unspecified atom stereocenters. The van der Waals surface area contributed by atoms with Gasteiger partial charge in [0.15, 0.2) is 0 Å². The maximum atomic E-state index is 8.66. The summed E-state index contributed by atoms with van der Waals surface area (Å²) in [5.74, 6) is 0. The molecule has 0 bridgehead atoms. The Bertz CT molecular complexity index is 981. The average Bonchev–Trinajstić information content (AvgIpc) is 2.51. The highest BCUT2D eigenvalue weighted by atomic mass is 14.2. The lowest BCUT2D eigenvalue weighted by Gasteiger charge is -2.19. The van der Waals surface area contributed by atoms with E-state index in [4.69, 9.17) is 2.74 Å². The van der Waals surface area contributed by atoms with Crippen LogP contribution in [0.5, 0.6) is 0 Å². The Balaban J connectivity index is 2.27. The van der Waals surface area contributed by atoms with Crippen LogP contribution in [0.15, 0.2) is 60.7 Å². The van der Waals surface area contributed by atoms with Crippen molar-refractivity contribution in [3.63, 3.8) is 0 Å². The molecule has 0 N–H and O–H groups in total. The number of hydrogen-bond donors (Lipinski definition) is 0. The highest BCUT2D eigenvalue weighted by molar-refractivity contribution is 6.23.